The maximum Gasteiger partial charge on any atom is 0.189 e. The molecule has 0 saturated heterocycles. The molecular weight excluding hydrogens is 306 g/mol. The van der Waals surface area contributed by atoms with Crippen molar-refractivity contribution in [3.05, 3.63) is 40.4 Å². The van der Waals surface area contributed by atoms with E-state index >= 15 is 0 Å². The fraction of sp³-hybridized carbons (Fsp3) is 0.231. The molecule has 0 aliphatic carbocycles. The zero-order valence-electron chi connectivity index (χ0n) is 9.67. The van der Waals surface area contributed by atoms with Gasteiger partial charge < -0.3 is 9.47 Å². The molecule has 0 heterocycles. The summed E-state index contributed by atoms with van der Waals surface area (Å²) in [5.41, 5.74) is 0. The molecule has 0 radical (unpaired) electrons. The third-order valence-corrected chi connectivity index (χ3v) is 3.07. The van der Waals surface area contributed by atoms with Gasteiger partial charge in [0.15, 0.2) is 18.4 Å². The average Bonchev–Trinajstić information content (AvgIpc) is 2.34. The van der Waals surface area contributed by atoms with Crippen molar-refractivity contribution in [2.24, 2.45) is 0 Å². The molecule has 5 heteroatoms. The molecule has 0 fully saturated rings. The molecular formula is C13H11BrF2O2. The first-order valence-electron chi connectivity index (χ1n) is 5.41. The normalized spacial score (nSPS) is 10.9. The summed E-state index contributed by atoms with van der Waals surface area (Å²) in [6.07, 6.45) is 0. The molecule has 0 amide bonds. The Balaban J connectivity index is 2.41. The number of halogens is 3. The minimum atomic E-state index is -0.869. The van der Waals surface area contributed by atoms with E-state index in [4.69, 9.17) is 9.47 Å². The van der Waals surface area contributed by atoms with E-state index in [0.29, 0.717) is 22.2 Å². The maximum atomic E-state index is 13.6. The van der Waals surface area contributed by atoms with E-state index in [1.54, 1.807) is 12.1 Å². The number of hydrogen-bond donors (Lipinski definition) is 0. The van der Waals surface area contributed by atoms with Gasteiger partial charge >= 0.3 is 0 Å². The summed E-state index contributed by atoms with van der Waals surface area (Å²) in [6.45, 7) is 2.53. The summed E-state index contributed by atoms with van der Waals surface area (Å²) in [7, 11) is 0. The first-order chi connectivity index (χ1) is 8.63. The molecule has 2 nitrogen and oxygen atoms in total. The van der Waals surface area contributed by atoms with Gasteiger partial charge in [-0.2, -0.15) is 0 Å². The first-order valence-corrected chi connectivity index (χ1v) is 6.20. The van der Waals surface area contributed by atoms with E-state index < -0.39 is 11.6 Å². The van der Waals surface area contributed by atoms with Gasteiger partial charge in [-0.15, -0.1) is 0 Å². The zero-order valence-corrected chi connectivity index (χ0v) is 11.3. The summed E-state index contributed by atoms with van der Waals surface area (Å²) in [5, 5.41) is 0.772. The second kappa shape index (κ2) is 5.63. The van der Waals surface area contributed by atoms with Crippen LogP contribution >= 0.6 is 15.9 Å². The Morgan fingerprint density at radius 3 is 2.72 bits per heavy atom. The Morgan fingerprint density at radius 1 is 1.22 bits per heavy atom. The molecule has 0 aliphatic heterocycles. The highest BCUT2D eigenvalue weighted by atomic mass is 79.9. The largest absolute Gasteiger partial charge is 0.467 e. The Bertz CT molecular complexity index is 572. The third kappa shape index (κ3) is 2.62. The van der Waals surface area contributed by atoms with Crippen molar-refractivity contribution in [3.8, 4) is 5.75 Å². The Hall–Kier alpha value is -1.20. The fourth-order valence-corrected chi connectivity index (χ4v) is 2.23. The number of hydrogen-bond acceptors (Lipinski definition) is 2. The van der Waals surface area contributed by atoms with E-state index in [9.17, 15) is 8.78 Å². The molecule has 0 bridgehead atoms. The Kier molecular flexibility index (Phi) is 4.14. The van der Waals surface area contributed by atoms with Crippen molar-refractivity contribution in [1.29, 1.82) is 0 Å². The fourth-order valence-electron chi connectivity index (χ4n) is 1.60. The van der Waals surface area contributed by atoms with Crippen LogP contribution in [0.3, 0.4) is 0 Å². The van der Waals surface area contributed by atoms with Gasteiger partial charge in [-0.3, -0.25) is 0 Å². The summed E-state index contributed by atoms with van der Waals surface area (Å²) in [6, 6.07) is 5.83. The Morgan fingerprint density at radius 2 is 2.00 bits per heavy atom. The van der Waals surface area contributed by atoms with Crippen LogP contribution in [-0.4, -0.2) is 13.4 Å². The van der Waals surface area contributed by atoms with Gasteiger partial charge in [-0.1, -0.05) is 6.07 Å². The van der Waals surface area contributed by atoms with Crippen LogP contribution in [0.2, 0.25) is 0 Å². The van der Waals surface area contributed by atoms with Crippen molar-refractivity contribution in [2.45, 2.75) is 6.92 Å². The van der Waals surface area contributed by atoms with Gasteiger partial charge in [0.2, 0.25) is 0 Å². The molecule has 2 aromatic carbocycles. The van der Waals surface area contributed by atoms with Crippen LogP contribution in [-0.2, 0) is 4.74 Å². The predicted molar refractivity (Wildman–Crippen MR) is 68.7 cm³/mol. The van der Waals surface area contributed by atoms with Gasteiger partial charge in [0.1, 0.15) is 5.75 Å². The van der Waals surface area contributed by atoms with Crippen molar-refractivity contribution in [1.82, 2.24) is 0 Å². The number of benzene rings is 2. The summed E-state index contributed by atoms with van der Waals surface area (Å²) in [4.78, 5) is 0. The second-order valence-electron chi connectivity index (χ2n) is 3.62. The van der Waals surface area contributed by atoms with Gasteiger partial charge in [-0.25, -0.2) is 8.78 Å². The van der Waals surface area contributed by atoms with Crippen molar-refractivity contribution in [3.63, 3.8) is 0 Å². The first kappa shape index (κ1) is 13.2. The van der Waals surface area contributed by atoms with Crippen LogP contribution in [0.1, 0.15) is 6.92 Å². The standard InChI is InChI=1S/C13H11BrF2O2/c1-2-17-7-18-9-5-8-3-4-11(15)13(16)12(8)10(14)6-9/h3-6H,2,7H2,1H3. The van der Waals surface area contributed by atoms with Gasteiger partial charge in [-0.05, 0) is 46.4 Å². The van der Waals surface area contributed by atoms with Gasteiger partial charge in [0.05, 0.1) is 0 Å². The molecule has 0 aromatic heterocycles. The van der Waals surface area contributed by atoms with E-state index in [1.165, 1.54) is 6.07 Å². The van der Waals surface area contributed by atoms with Gasteiger partial charge in [0.25, 0.3) is 0 Å². The third-order valence-electron chi connectivity index (χ3n) is 2.45. The molecule has 96 valence electrons. The van der Waals surface area contributed by atoms with Crippen molar-refractivity contribution < 1.29 is 18.3 Å². The van der Waals surface area contributed by atoms with Crippen LogP contribution in [0, 0.1) is 11.6 Å². The van der Waals surface area contributed by atoms with E-state index in [1.807, 2.05) is 6.92 Å². The maximum absolute atomic E-state index is 13.6. The monoisotopic (exact) mass is 316 g/mol. The highest BCUT2D eigenvalue weighted by Crippen LogP contribution is 2.32. The van der Waals surface area contributed by atoms with Crippen LogP contribution in [0.5, 0.6) is 5.75 Å². The van der Waals surface area contributed by atoms with Crippen LogP contribution < -0.4 is 4.74 Å². The molecule has 0 spiro atoms. The van der Waals surface area contributed by atoms with Crippen LogP contribution in [0.25, 0.3) is 10.8 Å². The number of rotatable bonds is 4. The molecule has 0 aliphatic rings. The molecule has 0 saturated carbocycles. The summed E-state index contributed by atoms with van der Waals surface area (Å²) >= 11 is 3.21. The number of fused-ring (bicyclic) bond motifs is 1. The average molecular weight is 317 g/mol. The smallest absolute Gasteiger partial charge is 0.189 e. The zero-order chi connectivity index (χ0) is 13.1. The predicted octanol–water partition coefficient (Wildman–Crippen LogP) is 4.25. The lowest BCUT2D eigenvalue weighted by atomic mass is 10.1. The molecule has 2 aromatic rings. The Labute approximate surface area is 112 Å². The van der Waals surface area contributed by atoms with Crippen molar-refractivity contribution in [2.75, 3.05) is 13.4 Å². The lowest BCUT2D eigenvalue weighted by Crippen LogP contribution is -2.02. The molecule has 0 N–H and O–H groups in total. The SMILES string of the molecule is CCOCOc1cc(Br)c2c(F)c(F)ccc2c1. The van der Waals surface area contributed by atoms with Gasteiger partial charge in [0, 0.05) is 16.5 Å². The summed E-state index contributed by atoms with van der Waals surface area (Å²) < 4.78 is 37.6. The quantitative estimate of drug-likeness (QED) is 0.620. The second-order valence-corrected chi connectivity index (χ2v) is 4.47. The molecule has 18 heavy (non-hydrogen) atoms. The van der Waals surface area contributed by atoms with E-state index in [-0.39, 0.29) is 12.2 Å². The highest BCUT2D eigenvalue weighted by Gasteiger charge is 2.11. The molecule has 2 rings (SSSR count). The molecule has 0 atom stereocenters. The number of ether oxygens (including phenoxy) is 2. The topological polar surface area (TPSA) is 18.5 Å². The minimum absolute atomic E-state index is 0.123. The van der Waals surface area contributed by atoms with E-state index in [0.717, 1.165) is 6.07 Å². The van der Waals surface area contributed by atoms with Crippen molar-refractivity contribution >= 4 is 26.7 Å². The lowest BCUT2D eigenvalue weighted by molar-refractivity contribution is 0.0224. The molecule has 0 unspecified atom stereocenters. The van der Waals surface area contributed by atoms with E-state index in [2.05, 4.69) is 15.9 Å². The van der Waals surface area contributed by atoms with Crippen LogP contribution in [0.15, 0.2) is 28.7 Å². The van der Waals surface area contributed by atoms with Crippen LogP contribution in [0.4, 0.5) is 8.78 Å². The lowest BCUT2D eigenvalue weighted by Gasteiger charge is -2.09. The summed E-state index contributed by atoms with van der Waals surface area (Å²) in [5.74, 6) is -1.20. The minimum Gasteiger partial charge on any atom is -0.467 e. The highest BCUT2D eigenvalue weighted by molar-refractivity contribution is 9.10.